The van der Waals surface area contributed by atoms with Crippen LogP contribution in [0.5, 0.6) is 0 Å². The fourth-order valence-corrected chi connectivity index (χ4v) is 6.33. The summed E-state index contributed by atoms with van der Waals surface area (Å²) in [6, 6.07) is 1.91. The summed E-state index contributed by atoms with van der Waals surface area (Å²) in [5.74, 6) is 0.366. The molecular formula is C24H43ClN4O3Si2. The highest BCUT2D eigenvalue weighted by Gasteiger charge is 2.52. The summed E-state index contributed by atoms with van der Waals surface area (Å²) < 4.78 is 22.4. The monoisotopic (exact) mass is 526 g/mol. The quantitative estimate of drug-likeness (QED) is 0.330. The van der Waals surface area contributed by atoms with E-state index in [2.05, 4.69) is 84.6 Å². The van der Waals surface area contributed by atoms with Crippen molar-refractivity contribution in [3.05, 3.63) is 17.5 Å². The molecule has 2 N–H and O–H groups in total. The summed E-state index contributed by atoms with van der Waals surface area (Å²) in [4.78, 5) is 8.53. The first-order valence-corrected chi connectivity index (χ1v) is 18.3. The molecule has 3 heterocycles. The van der Waals surface area contributed by atoms with Crippen LogP contribution in [0, 0.1) is 0 Å². The number of halogens is 1. The van der Waals surface area contributed by atoms with Gasteiger partial charge in [-0.15, -0.1) is 0 Å². The standard InChI is InChI=1S/C24H43ClN4O3Si2/c1-22(2,3)33(8,9)30-15-24(7)17(32-34(10,11)23(4,5)6)14-18(31-24)29-13-12-16-19(26)27-21(25)28-20(16)29/h12-13,17-18H,14-15H2,1-11H3,(H2,26,27,28)/t17-,18+,24+/m0/s1. The maximum Gasteiger partial charge on any atom is 0.226 e. The minimum Gasteiger partial charge on any atom is -0.414 e. The van der Waals surface area contributed by atoms with Gasteiger partial charge < -0.3 is 23.9 Å². The summed E-state index contributed by atoms with van der Waals surface area (Å²) in [5.41, 5.74) is 6.16. The lowest BCUT2D eigenvalue weighted by atomic mass is 10.0. The smallest absolute Gasteiger partial charge is 0.226 e. The molecule has 0 unspecified atom stereocenters. The first-order valence-electron chi connectivity index (χ1n) is 12.1. The van der Waals surface area contributed by atoms with Crippen molar-refractivity contribution in [1.29, 1.82) is 0 Å². The molecule has 192 valence electrons. The Morgan fingerprint density at radius 3 is 2.26 bits per heavy atom. The average molecular weight is 527 g/mol. The van der Waals surface area contributed by atoms with Gasteiger partial charge in [0.25, 0.3) is 0 Å². The van der Waals surface area contributed by atoms with Gasteiger partial charge in [0.2, 0.25) is 5.28 Å². The van der Waals surface area contributed by atoms with Crippen LogP contribution in [0.2, 0.25) is 41.5 Å². The van der Waals surface area contributed by atoms with Gasteiger partial charge in [-0.25, -0.2) is 4.98 Å². The molecule has 1 fully saturated rings. The molecule has 0 radical (unpaired) electrons. The normalized spacial score (nSPS) is 24.8. The average Bonchev–Trinajstić information content (AvgIpc) is 3.20. The zero-order chi connectivity index (χ0) is 25.9. The molecule has 7 nitrogen and oxygen atoms in total. The second-order valence-corrected chi connectivity index (χ2v) is 22.8. The number of fused-ring (bicyclic) bond motifs is 1. The van der Waals surface area contributed by atoms with E-state index in [0.717, 1.165) is 5.39 Å². The summed E-state index contributed by atoms with van der Waals surface area (Å²) >= 11 is 6.13. The summed E-state index contributed by atoms with van der Waals surface area (Å²) in [5, 5.41) is 1.09. The first kappa shape index (κ1) is 27.6. The van der Waals surface area contributed by atoms with Crippen molar-refractivity contribution in [2.45, 2.75) is 109 Å². The Labute approximate surface area is 212 Å². The molecular weight excluding hydrogens is 484 g/mol. The zero-order valence-corrected chi connectivity index (χ0v) is 25.5. The minimum atomic E-state index is -2.06. The molecule has 2 aromatic rings. The van der Waals surface area contributed by atoms with Gasteiger partial charge >= 0.3 is 0 Å². The van der Waals surface area contributed by atoms with Gasteiger partial charge in [-0.2, -0.15) is 4.98 Å². The third kappa shape index (κ3) is 5.24. The third-order valence-electron chi connectivity index (χ3n) is 8.16. The van der Waals surface area contributed by atoms with Crippen LogP contribution in [-0.4, -0.2) is 49.5 Å². The largest absolute Gasteiger partial charge is 0.414 e. The highest BCUT2D eigenvalue weighted by Crippen LogP contribution is 2.46. The molecule has 34 heavy (non-hydrogen) atoms. The van der Waals surface area contributed by atoms with Crippen LogP contribution in [-0.2, 0) is 13.6 Å². The number of nitrogen functional groups attached to an aromatic ring is 1. The van der Waals surface area contributed by atoms with Crippen molar-refractivity contribution in [3.63, 3.8) is 0 Å². The number of hydrogen-bond acceptors (Lipinski definition) is 6. The van der Waals surface area contributed by atoms with Gasteiger partial charge in [0.1, 0.15) is 23.3 Å². The van der Waals surface area contributed by atoms with Crippen molar-refractivity contribution < 1.29 is 13.6 Å². The Bertz CT molecular complexity index is 1050. The molecule has 3 rings (SSSR count). The van der Waals surface area contributed by atoms with Crippen LogP contribution in [0.1, 0.15) is 61.1 Å². The summed E-state index contributed by atoms with van der Waals surface area (Å²) in [6.07, 6.45) is 2.25. The fraction of sp³-hybridized carbons (Fsp3) is 0.750. The van der Waals surface area contributed by atoms with E-state index in [4.69, 9.17) is 30.9 Å². The number of nitrogens with two attached hydrogens (primary N) is 1. The fourth-order valence-electron chi connectivity index (χ4n) is 3.67. The molecule has 1 aliphatic heterocycles. The van der Waals surface area contributed by atoms with Gasteiger partial charge in [0.05, 0.1) is 18.1 Å². The molecule has 0 aliphatic carbocycles. The van der Waals surface area contributed by atoms with E-state index in [1.807, 2.05) is 16.8 Å². The highest BCUT2D eigenvalue weighted by molar-refractivity contribution is 6.74. The number of hydrogen-bond donors (Lipinski definition) is 1. The van der Waals surface area contributed by atoms with E-state index in [-0.39, 0.29) is 27.7 Å². The Balaban J connectivity index is 1.97. The number of anilines is 1. The molecule has 10 heteroatoms. The van der Waals surface area contributed by atoms with Crippen LogP contribution in [0.4, 0.5) is 5.82 Å². The van der Waals surface area contributed by atoms with Crippen molar-refractivity contribution in [1.82, 2.24) is 14.5 Å². The summed E-state index contributed by atoms with van der Waals surface area (Å²) in [6.45, 7) is 25.3. The van der Waals surface area contributed by atoms with Gasteiger partial charge in [-0.05, 0) is 60.9 Å². The minimum absolute atomic E-state index is 0.0850. The maximum absolute atomic E-state index is 6.97. The lowest BCUT2D eigenvalue weighted by molar-refractivity contribution is -0.109. The molecule has 3 atom stereocenters. The number of rotatable bonds is 6. The van der Waals surface area contributed by atoms with E-state index >= 15 is 0 Å². The molecule has 1 aliphatic rings. The zero-order valence-electron chi connectivity index (χ0n) is 22.7. The van der Waals surface area contributed by atoms with E-state index < -0.39 is 22.2 Å². The molecule has 0 bridgehead atoms. The molecule has 0 spiro atoms. The molecule has 2 aromatic heterocycles. The van der Waals surface area contributed by atoms with Crippen molar-refractivity contribution in [2.24, 2.45) is 0 Å². The van der Waals surface area contributed by atoms with Crippen molar-refractivity contribution >= 4 is 45.1 Å². The Morgan fingerprint density at radius 2 is 1.71 bits per heavy atom. The predicted octanol–water partition coefficient (Wildman–Crippen LogP) is 6.76. The lowest BCUT2D eigenvalue weighted by Gasteiger charge is -2.43. The van der Waals surface area contributed by atoms with E-state index in [9.17, 15) is 0 Å². The van der Waals surface area contributed by atoms with Crippen LogP contribution in [0.25, 0.3) is 11.0 Å². The molecule has 0 saturated carbocycles. The SMILES string of the molecule is CC(C)(C)[Si](C)(C)OC[C@@]1(C)O[C@@H](n2ccc3c(N)nc(Cl)nc32)C[C@@H]1O[Si](C)(C)C(C)(C)C. The second kappa shape index (κ2) is 8.85. The second-order valence-electron chi connectivity index (χ2n) is 12.9. The Morgan fingerprint density at radius 1 is 1.12 bits per heavy atom. The van der Waals surface area contributed by atoms with Crippen LogP contribution < -0.4 is 5.73 Å². The van der Waals surface area contributed by atoms with E-state index in [0.29, 0.717) is 24.5 Å². The van der Waals surface area contributed by atoms with Gasteiger partial charge in [-0.3, -0.25) is 0 Å². The van der Waals surface area contributed by atoms with Crippen LogP contribution in [0.3, 0.4) is 0 Å². The van der Waals surface area contributed by atoms with Gasteiger partial charge in [-0.1, -0.05) is 41.5 Å². The third-order valence-corrected chi connectivity index (χ3v) is 17.3. The maximum atomic E-state index is 6.97. The van der Waals surface area contributed by atoms with Gasteiger partial charge in [0.15, 0.2) is 16.6 Å². The van der Waals surface area contributed by atoms with Crippen molar-refractivity contribution in [2.75, 3.05) is 12.3 Å². The van der Waals surface area contributed by atoms with Gasteiger partial charge in [0, 0.05) is 12.6 Å². The predicted molar refractivity (Wildman–Crippen MR) is 145 cm³/mol. The lowest BCUT2D eigenvalue weighted by Crippen LogP contribution is -2.53. The Hall–Kier alpha value is -0.976. The van der Waals surface area contributed by atoms with Crippen LogP contribution >= 0.6 is 11.6 Å². The summed E-state index contributed by atoms with van der Waals surface area (Å²) in [7, 11) is -4.03. The topological polar surface area (TPSA) is 84.4 Å². The number of nitrogens with zero attached hydrogens (tertiary/aromatic N) is 3. The van der Waals surface area contributed by atoms with Crippen LogP contribution in [0.15, 0.2) is 12.3 Å². The van der Waals surface area contributed by atoms with E-state index in [1.165, 1.54) is 0 Å². The molecule has 1 saturated heterocycles. The number of aromatic nitrogens is 3. The molecule has 0 aromatic carbocycles. The Kier molecular flexibility index (Phi) is 7.18. The first-order chi connectivity index (χ1) is 15.3. The van der Waals surface area contributed by atoms with Crippen molar-refractivity contribution in [3.8, 4) is 0 Å². The highest BCUT2D eigenvalue weighted by atomic mass is 35.5. The van der Waals surface area contributed by atoms with E-state index in [1.54, 1.807) is 0 Å². The number of ether oxygens (including phenoxy) is 1. The molecule has 0 amide bonds.